The molecule has 3 aromatic rings. The summed E-state index contributed by atoms with van der Waals surface area (Å²) < 4.78 is 17.1. The summed E-state index contributed by atoms with van der Waals surface area (Å²) in [6.45, 7) is 3.91. The lowest BCUT2D eigenvalue weighted by molar-refractivity contribution is 0.0578. The van der Waals surface area contributed by atoms with Gasteiger partial charge in [-0.3, -0.25) is 4.79 Å². The van der Waals surface area contributed by atoms with Crippen molar-refractivity contribution >= 4 is 17.4 Å². The summed E-state index contributed by atoms with van der Waals surface area (Å²) in [6, 6.07) is 20.8. The third-order valence-electron chi connectivity index (χ3n) is 6.26. The van der Waals surface area contributed by atoms with Crippen LogP contribution in [0.3, 0.4) is 0 Å². The molecule has 1 unspecified atom stereocenters. The molecule has 1 amide bonds. The van der Waals surface area contributed by atoms with E-state index in [1.54, 1.807) is 14.2 Å². The molecular formula is C27H27N3O4. The Morgan fingerprint density at radius 2 is 1.76 bits per heavy atom. The van der Waals surface area contributed by atoms with E-state index in [9.17, 15) is 4.79 Å². The first-order chi connectivity index (χ1) is 16.6. The van der Waals surface area contributed by atoms with Crippen LogP contribution in [0.25, 0.3) is 0 Å². The van der Waals surface area contributed by atoms with Crippen molar-refractivity contribution in [3.8, 4) is 23.0 Å². The lowest BCUT2D eigenvalue weighted by atomic mass is 10.1. The SMILES string of the molecule is COc1ccc2c(c1)C(N1CCN(C(=O)c3ccccc3OC)C(C)C1)=Nc1ccccc1O2. The van der Waals surface area contributed by atoms with E-state index >= 15 is 0 Å². The smallest absolute Gasteiger partial charge is 0.257 e. The summed E-state index contributed by atoms with van der Waals surface area (Å²) in [5, 5.41) is 0. The van der Waals surface area contributed by atoms with Crippen LogP contribution in [0.15, 0.2) is 71.7 Å². The van der Waals surface area contributed by atoms with Crippen LogP contribution in [-0.4, -0.2) is 61.4 Å². The summed E-state index contributed by atoms with van der Waals surface area (Å²) in [6.07, 6.45) is 0. The van der Waals surface area contributed by atoms with Gasteiger partial charge in [0.1, 0.15) is 28.8 Å². The van der Waals surface area contributed by atoms with Crippen molar-refractivity contribution < 1.29 is 19.0 Å². The Balaban J connectivity index is 1.47. The maximum absolute atomic E-state index is 13.3. The number of ether oxygens (including phenoxy) is 3. The van der Waals surface area contributed by atoms with Crippen molar-refractivity contribution in [1.82, 2.24) is 9.80 Å². The average molecular weight is 458 g/mol. The molecule has 1 atom stereocenters. The van der Waals surface area contributed by atoms with Crippen molar-refractivity contribution in [1.29, 1.82) is 0 Å². The molecule has 7 heteroatoms. The molecule has 1 fully saturated rings. The van der Waals surface area contributed by atoms with E-state index in [4.69, 9.17) is 19.2 Å². The highest BCUT2D eigenvalue weighted by molar-refractivity contribution is 6.04. The first-order valence-electron chi connectivity index (χ1n) is 11.3. The second kappa shape index (κ2) is 9.09. The number of carbonyl (C=O) groups is 1. The molecule has 2 aliphatic rings. The Kier molecular flexibility index (Phi) is 5.84. The molecule has 0 N–H and O–H groups in total. The number of fused-ring (bicyclic) bond motifs is 2. The van der Waals surface area contributed by atoms with Crippen molar-refractivity contribution in [2.24, 2.45) is 4.99 Å². The number of piperazine rings is 1. The van der Waals surface area contributed by atoms with E-state index in [0.717, 1.165) is 28.6 Å². The molecule has 0 aliphatic carbocycles. The van der Waals surface area contributed by atoms with Gasteiger partial charge in [-0.1, -0.05) is 24.3 Å². The van der Waals surface area contributed by atoms with Gasteiger partial charge in [-0.2, -0.15) is 0 Å². The molecule has 0 aromatic heterocycles. The topological polar surface area (TPSA) is 63.6 Å². The zero-order valence-corrected chi connectivity index (χ0v) is 19.5. The summed E-state index contributed by atoms with van der Waals surface area (Å²) in [5.41, 5.74) is 2.22. The van der Waals surface area contributed by atoms with E-state index in [1.165, 1.54) is 0 Å². The second-order valence-corrected chi connectivity index (χ2v) is 8.36. The Hall–Kier alpha value is -4.00. The Bertz CT molecular complexity index is 1260. The highest BCUT2D eigenvalue weighted by Crippen LogP contribution is 2.39. The Morgan fingerprint density at radius 3 is 2.56 bits per heavy atom. The van der Waals surface area contributed by atoms with E-state index in [1.807, 2.05) is 71.6 Å². The molecule has 2 heterocycles. The lowest BCUT2D eigenvalue weighted by Gasteiger charge is -2.41. The maximum atomic E-state index is 13.3. The van der Waals surface area contributed by atoms with Gasteiger partial charge in [0, 0.05) is 25.7 Å². The maximum Gasteiger partial charge on any atom is 0.257 e. The molecule has 5 rings (SSSR count). The number of amides is 1. The molecule has 0 bridgehead atoms. The number of methoxy groups -OCH3 is 2. The fourth-order valence-electron chi connectivity index (χ4n) is 4.50. The molecule has 0 radical (unpaired) electrons. The van der Waals surface area contributed by atoms with Crippen LogP contribution < -0.4 is 14.2 Å². The average Bonchev–Trinajstić information content (AvgIpc) is 3.04. The van der Waals surface area contributed by atoms with E-state index in [0.29, 0.717) is 36.7 Å². The van der Waals surface area contributed by atoms with Crippen LogP contribution in [-0.2, 0) is 0 Å². The molecule has 174 valence electrons. The number of aliphatic imine (C=N–C) groups is 1. The van der Waals surface area contributed by atoms with Crippen LogP contribution in [0.4, 0.5) is 5.69 Å². The van der Waals surface area contributed by atoms with Gasteiger partial charge in [-0.05, 0) is 49.4 Å². The third-order valence-corrected chi connectivity index (χ3v) is 6.26. The number of hydrogen-bond donors (Lipinski definition) is 0. The summed E-state index contributed by atoms with van der Waals surface area (Å²) in [4.78, 5) is 22.5. The predicted molar refractivity (Wildman–Crippen MR) is 131 cm³/mol. The summed E-state index contributed by atoms with van der Waals surface area (Å²) >= 11 is 0. The number of rotatable bonds is 3. The standard InChI is InChI=1S/C27H27N3O4/c1-18-17-29(14-15-30(18)27(31)20-8-4-6-10-23(20)33-3)26-21-16-19(32-2)12-13-24(21)34-25-11-7-5-9-22(25)28-26/h4-13,16,18H,14-15,17H2,1-3H3. The van der Waals surface area contributed by atoms with Gasteiger partial charge < -0.3 is 24.0 Å². The van der Waals surface area contributed by atoms with Crippen LogP contribution in [0.1, 0.15) is 22.8 Å². The van der Waals surface area contributed by atoms with E-state index < -0.39 is 0 Å². The van der Waals surface area contributed by atoms with Gasteiger partial charge in [0.25, 0.3) is 5.91 Å². The highest BCUT2D eigenvalue weighted by Gasteiger charge is 2.33. The highest BCUT2D eigenvalue weighted by atomic mass is 16.5. The second-order valence-electron chi connectivity index (χ2n) is 8.36. The first kappa shape index (κ1) is 21.8. The van der Waals surface area contributed by atoms with Crippen molar-refractivity contribution in [2.45, 2.75) is 13.0 Å². The number of amidine groups is 1. The molecule has 0 saturated carbocycles. The molecule has 7 nitrogen and oxygen atoms in total. The third kappa shape index (κ3) is 3.94. The zero-order valence-electron chi connectivity index (χ0n) is 19.5. The molecule has 1 saturated heterocycles. The normalized spacial score (nSPS) is 17.0. The Morgan fingerprint density at radius 1 is 0.971 bits per heavy atom. The number of para-hydroxylation sites is 3. The minimum absolute atomic E-state index is 0.0249. The number of hydrogen-bond acceptors (Lipinski definition) is 6. The van der Waals surface area contributed by atoms with Crippen molar-refractivity contribution in [2.75, 3.05) is 33.9 Å². The van der Waals surface area contributed by atoms with Gasteiger partial charge in [-0.25, -0.2) is 4.99 Å². The van der Waals surface area contributed by atoms with E-state index in [2.05, 4.69) is 11.8 Å². The van der Waals surface area contributed by atoms with Crippen molar-refractivity contribution in [3.63, 3.8) is 0 Å². The van der Waals surface area contributed by atoms with Gasteiger partial charge in [0.05, 0.1) is 25.3 Å². The van der Waals surface area contributed by atoms with Gasteiger partial charge in [-0.15, -0.1) is 0 Å². The van der Waals surface area contributed by atoms with Gasteiger partial charge in [0.15, 0.2) is 5.75 Å². The van der Waals surface area contributed by atoms with E-state index in [-0.39, 0.29) is 11.9 Å². The van der Waals surface area contributed by atoms with Gasteiger partial charge in [0.2, 0.25) is 0 Å². The molecule has 2 aliphatic heterocycles. The summed E-state index contributed by atoms with van der Waals surface area (Å²) in [7, 11) is 3.23. The fourth-order valence-corrected chi connectivity index (χ4v) is 4.50. The quantitative estimate of drug-likeness (QED) is 0.569. The van der Waals surface area contributed by atoms with Crippen LogP contribution in [0.2, 0.25) is 0 Å². The number of carbonyl (C=O) groups excluding carboxylic acids is 1. The lowest BCUT2D eigenvalue weighted by Crippen LogP contribution is -2.55. The summed E-state index contributed by atoms with van der Waals surface area (Å²) in [5.74, 6) is 3.55. The minimum Gasteiger partial charge on any atom is -0.497 e. The predicted octanol–water partition coefficient (Wildman–Crippen LogP) is 4.73. The largest absolute Gasteiger partial charge is 0.497 e. The van der Waals surface area contributed by atoms with Crippen LogP contribution in [0, 0.1) is 0 Å². The minimum atomic E-state index is -0.0256. The van der Waals surface area contributed by atoms with Gasteiger partial charge >= 0.3 is 0 Å². The molecule has 3 aromatic carbocycles. The monoisotopic (exact) mass is 457 g/mol. The van der Waals surface area contributed by atoms with Crippen LogP contribution >= 0.6 is 0 Å². The van der Waals surface area contributed by atoms with Crippen molar-refractivity contribution in [3.05, 3.63) is 77.9 Å². The number of benzene rings is 3. The zero-order chi connectivity index (χ0) is 23.7. The first-order valence-corrected chi connectivity index (χ1v) is 11.3. The molecular weight excluding hydrogens is 430 g/mol. The Labute approximate surface area is 199 Å². The number of nitrogens with zero attached hydrogens (tertiary/aromatic N) is 3. The van der Waals surface area contributed by atoms with Crippen LogP contribution in [0.5, 0.6) is 23.0 Å². The molecule has 34 heavy (non-hydrogen) atoms. The molecule has 0 spiro atoms. The fraction of sp³-hybridized carbons (Fsp3) is 0.259.